The molecule has 6 heteroatoms. The Labute approximate surface area is 175 Å². The van der Waals surface area contributed by atoms with E-state index in [1.54, 1.807) is 0 Å². The van der Waals surface area contributed by atoms with Gasteiger partial charge in [-0.05, 0) is 37.5 Å². The van der Waals surface area contributed by atoms with Crippen molar-refractivity contribution in [3.05, 3.63) is 76.9 Å². The van der Waals surface area contributed by atoms with Crippen LogP contribution in [0.1, 0.15) is 35.7 Å². The van der Waals surface area contributed by atoms with Gasteiger partial charge in [0.15, 0.2) is 0 Å². The van der Waals surface area contributed by atoms with Crippen molar-refractivity contribution in [2.24, 2.45) is 0 Å². The predicted molar refractivity (Wildman–Crippen MR) is 114 cm³/mol. The molecule has 0 radical (unpaired) electrons. The minimum absolute atomic E-state index is 0.0551. The summed E-state index contributed by atoms with van der Waals surface area (Å²) >= 11 is 6.04. The van der Waals surface area contributed by atoms with Gasteiger partial charge in [0.2, 0.25) is 0 Å². The van der Waals surface area contributed by atoms with Crippen LogP contribution in [-0.4, -0.2) is 34.4 Å². The summed E-state index contributed by atoms with van der Waals surface area (Å²) in [7, 11) is 0. The molecule has 0 spiro atoms. The molecule has 1 aromatic heterocycles. The largest absolute Gasteiger partial charge is 0.376 e. The molecule has 4 rings (SSSR count). The van der Waals surface area contributed by atoms with E-state index in [1.807, 2.05) is 72.4 Å². The van der Waals surface area contributed by atoms with Crippen LogP contribution in [0.25, 0.3) is 11.3 Å². The Balaban J connectivity index is 1.62. The van der Waals surface area contributed by atoms with E-state index >= 15 is 0 Å². The summed E-state index contributed by atoms with van der Waals surface area (Å²) in [5.74, 6) is -0.141. The number of benzene rings is 2. The summed E-state index contributed by atoms with van der Waals surface area (Å²) in [5.41, 5.74) is 3.18. The second kappa shape index (κ2) is 8.80. The van der Waals surface area contributed by atoms with Crippen LogP contribution in [0.4, 0.5) is 0 Å². The zero-order valence-corrected chi connectivity index (χ0v) is 17.1. The lowest BCUT2D eigenvalue weighted by Gasteiger charge is -2.19. The Bertz CT molecular complexity index is 964. The molecule has 1 saturated heterocycles. The second-order valence-electron chi connectivity index (χ2n) is 7.40. The van der Waals surface area contributed by atoms with Crippen molar-refractivity contribution in [3.8, 4) is 11.3 Å². The van der Waals surface area contributed by atoms with Gasteiger partial charge in [-0.1, -0.05) is 54.1 Å². The van der Waals surface area contributed by atoms with E-state index in [-0.39, 0.29) is 18.1 Å². The zero-order valence-electron chi connectivity index (χ0n) is 16.3. The maximum absolute atomic E-state index is 13.1. The summed E-state index contributed by atoms with van der Waals surface area (Å²) < 4.78 is 7.52. The first-order chi connectivity index (χ1) is 14.1. The van der Waals surface area contributed by atoms with Crippen LogP contribution in [-0.2, 0) is 11.3 Å². The van der Waals surface area contributed by atoms with E-state index < -0.39 is 0 Å². The van der Waals surface area contributed by atoms with Crippen molar-refractivity contribution in [2.45, 2.75) is 38.5 Å². The fourth-order valence-electron chi connectivity index (χ4n) is 3.63. The third kappa shape index (κ3) is 4.69. The van der Waals surface area contributed by atoms with E-state index in [4.69, 9.17) is 21.4 Å². The molecule has 0 saturated carbocycles. The third-order valence-electron chi connectivity index (χ3n) is 5.19. The second-order valence-corrected chi connectivity index (χ2v) is 7.83. The van der Waals surface area contributed by atoms with Gasteiger partial charge in [0, 0.05) is 23.4 Å². The molecule has 0 bridgehead atoms. The quantitative estimate of drug-likeness (QED) is 0.649. The Hall–Kier alpha value is -2.63. The Morgan fingerprint density at radius 1 is 1.24 bits per heavy atom. The van der Waals surface area contributed by atoms with E-state index in [0.717, 1.165) is 30.6 Å². The van der Waals surface area contributed by atoms with Crippen LogP contribution >= 0.6 is 11.6 Å². The van der Waals surface area contributed by atoms with E-state index in [1.165, 1.54) is 0 Å². The summed E-state index contributed by atoms with van der Waals surface area (Å²) in [4.78, 5) is 13.1. The van der Waals surface area contributed by atoms with Gasteiger partial charge in [0.05, 0.1) is 24.3 Å². The van der Waals surface area contributed by atoms with Gasteiger partial charge in [-0.25, -0.2) is 0 Å². The molecule has 0 unspecified atom stereocenters. The first kappa shape index (κ1) is 19.7. The number of aromatic nitrogens is 2. The lowest BCUT2D eigenvalue weighted by molar-refractivity contribution is 0.0712. The van der Waals surface area contributed by atoms with Crippen molar-refractivity contribution in [1.82, 2.24) is 15.1 Å². The Morgan fingerprint density at radius 2 is 2.00 bits per heavy atom. The molecule has 2 heterocycles. The molecule has 3 aromatic rings. The molecule has 1 amide bonds. The maximum atomic E-state index is 13.1. The Morgan fingerprint density at radius 3 is 2.69 bits per heavy atom. The lowest BCUT2D eigenvalue weighted by Crippen LogP contribution is -2.40. The average molecular weight is 410 g/mol. The highest BCUT2D eigenvalue weighted by Crippen LogP contribution is 2.25. The fraction of sp³-hybridized carbons (Fsp3) is 0.304. The number of nitrogens with one attached hydrogen (secondary N) is 1. The summed E-state index contributed by atoms with van der Waals surface area (Å²) in [6.07, 6.45) is 3.89. The highest BCUT2D eigenvalue weighted by Gasteiger charge is 2.26. The van der Waals surface area contributed by atoms with Gasteiger partial charge < -0.3 is 10.1 Å². The molecule has 1 N–H and O–H groups in total. The van der Waals surface area contributed by atoms with Crippen molar-refractivity contribution in [2.75, 3.05) is 6.61 Å². The molecule has 150 valence electrons. The highest BCUT2D eigenvalue weighted by atomic mass is 35.5. The number of carbonyl (C=O) groups is 1. The third-order valence-corrected chi connectivity index (χ3v) is 5.44. The predicted octanol–water partition coefficient (Wildman–Crippen LogP) is 4.55. The number of rotatable bonds is 6. The maximum Gasteiger partial charge on any atom is 0.255 e. The molecule has 1 aliphatic heterocycles. The average Bonchev–Trinajstić information content (AvgIpc) is 3.40. The minimum atomic E-state index is -0.141. The molecule has 1 fully saturated rings. The van der Waals surface area contributed by atoms with Gasteiger partial charge in [-0.3, -0.25) is 9.48 Å². The monoisotopic (exact) mass is 409 g/mol. The molecule has 0 aliphatic carbocycles. The zero-order chi connectivity index (χ0) is 20.2. The number of amides is 1. The topological polar surface area (TPSA) is 56.2 Å². The number of carbonyl (C=O) groups excluding carboxylic acids is 1. The van der Waals surface area contributed by atoms with Gasteiger partial charge >= 0.3 is 0 Å². The molecule has 29 heavy (non-hydrogen) atoms. The summed E-state index contributed by atoms with van der Waals surface area (Å²) in [6, 6.07) is 17.4. The molecule has 5 nitrogen and oxygen atoms in total. The van der Waals surface area contributed by atoms with Crippen molar-refractivity contribution in [3.63, 3.8) is 0 Å². The first-order valence-corrected chi connectivity index (χ1v) is 10.3. The smallest absolute Gasteiger partial charge is 0.255 e. The van der Waals surface area contributed by atoms with Gasteiger partial charge in [-0.2, -0.15) is 5.10 Å². The van der Waals surface area contributed by atoms with Crippen LogP contribution in [0.15, 0.2) is 60.8 Å². The van der Waals surface area contributed by atoms with Gasteiger partial charge in [0.1, 0.15) is 5.69 Å². The molecule has 2 atom stereocenters. The van der Waals surface area contributed by atoms with Crippen LogP contribution in [0, 0.1) is 0 Å². The van der Waals surface area contributed by atoms with Crippen molar-refractivity contribution < 1.29 is 9.53 Å². The van der Waals surface area contributed by atoms with E-state index in [9.17, 15) is 4.79 Å². The number of ether oxygens (including phenoxy) is 1. The minimum Gasteiger partial charge on any atom is -0.376 e. The number of nitrogens with zero attached hydrogens (tertiary/aromatic N) is 2. The van der Waals surface area contributed by atoms with Crippen molar-refractivity contribution >= 4 is 17.5 Å². The highest BCUT2D eigenvalue weighted by molar-refractivity contribution is 6.30. The van der Waals surface area contributed by atoms with Crippen LogP contribution in [0.3, 0.4) is 0 Å². The number of halogens is 1. The van der Waals surface area contributed by atoms with Crippen LogP contribution < -0.4 is 5.32 Å². The normalized spacial score (nSPS) is 17.2. The number of hydrogen-bond donors (Lipinski definition) is 1. The fourth-order valence-corrected chi connectivity index (χ4v) is 3.76. The van der Waals surface area contributed by atoms with E-state index in [2.05, 4.69) is 5.32 Å². The number of hydrogen-bond acceptors (Lipinski definition) is 3. The Kier molecular flexibility index (Phi) is 5.97. The molecule has 1 aliphatic rings. The van der Waals surface area contributed by atoms with Gasteiger partial charge in [-0.15, -0.1) is 0 Å². The van der Waals surface area contributed by atoms with Gasteiger partial charge in [0.25, 0.3) is 5.91 Å². The summed E-state index contributed by atoms with van der Waals surface area (Å²) in [6.45, 7) is 3.34. The summed E-state index contributed by atoms with van der Waals surface area (Å²) in [5, 5.41) is 8.45. The SMILES string of the molecule is C[C@H](NC(=O)c1cn(Cc2ccccc2)nc1-c1ccc(Cl)cc1)[C@@H]1CCCO1. The molecule has 2 aromatic carbocycles. The van der Waals surface area contributed by atoms with Crippen molar-refractivity contribution in [1.29, 1.82) is 0 Å². The lowest BCUT2D eigenvalue weighted by atomic mass is 10.1. The molecular formula is C23H24ClN3O2. The van der Waals surface area contributed by atoms with E-state index in [0.29, 0.717) is 22.8 Å². The molecular weight excluding hydrogens is 386 g/mol. The van der Waals surface area contributed by atoms with Crippen LogP contribution in [0.5, 0.6) is 0 Å². The first-order valence-electron chi connectivity index (χ1n) is 9.90. The standard InChI is InChI=1S/C23H24ClN3O2/c1-16(21-8-5-13-29-21)25-23(28)20-15-27(14-17-6-3-2-4-7-17)26-22(20)18-9-11-19(24)12-10-18/h2-4,6-7,9-12,15-16,21H,5,8,13-14H2,1H3,(H,25,28)/t16-,21-/m0/s1. The van der Waals surface area contributed by atoms with Crippen LogP contribution in [0.2, 0.25) is 5.02 Å².